The van der Waals surface area contributed by atoms with Crippen LogP contribution in [0.3, 0.4) is 0 Å². The van der Waals surface area contributed by atoms with E-state index in [1.165, 1.54) is 5.56 Å². The molecule has 0 aromatic carbocycles. The molecule has 134 valence electrons. The van der Waals surface area contributed by atoms with Crippen molar-refractivity contribution in [2.24, 2.45) is 5.92 Å². The van der Waals surface area contributed by atoms with Crippen molar-refractivity contribution in [3.8, 4) is 0 Å². The van der Waals surface area contributed by atoms with E-state index in [9.17, 15) is 9.59 Å². The first-order chi connectivity index (χ1) is 12.1. The average Bonchev–Trinajstić information content (AvgIpc) is 3.47. The SMILES string of the molecule is Cc1cccnc1N1CCN(C(=O)[C@H]2CCC(=O)N(C3CC3)C2)CC1. The highest BCUT2D eigenvalue weighted by Crippen LogP contribution is 2.32. The van der Waals surface area contributed by atoms with Gasteiger partial charge in [0.05, 0.1) is 5.92 Å². The summed E-state index contributed by atoms with van der Waals surface area (Å²) in [6.45, 7) is 5.82. The minimum atomic E-state index is -0.0126. The molecule has 1 atom stereocenters. The van der Waals surface area contributed by atoms with Crippen LogP contribution in [0.15, 0.2) is 18.3 Å². The Balaban J connectivity index is 1.35. The molecule has 0 N–H and O–H groups in total. The van der Waals surface area contributed by atoms with E-state index in [1.54, 1.807) is 0 Å². The van der Waals surface area contributed by atoms with Gasteiger partial charge in [-0.3, -0.25) is 9.59 Å². The molecule has 0 spiro atoms. The van der Waals surface area contributed by atoms with Gasteiger partial charge in [-0.05, 0) is 37.8 Å². The molecular formula is C19H26N4O2. The summed E-state index contributed by atoms with van der Waals surface area (Å²) < 4.78 is 0. The van der Waals surface area contributed by atoms with Gasteiger partial charge in [0.2, 0.25) is 11.8 Å². The van der Waals surface area contributed by atoms with Gasteiger partial charge < -0.3 is 14.7 Å². The first-order valence-corrected chi connectivity index (χ1v) is 9.38. The van der Waals surface area contributed by atoms with Crippen LogP contribution in [0, 0.1) is 12.8 Å². The second-order valence-electron chi connectivity index (χ2n) is 7.47. The predicted molar refractivity (Wildman–Crippen MR) is 95.2 cm³/mol. The maximum atomic E-state index is 12.9. The average molecular weight is 342 g/mol. The number of carbonyl (C=O) groups is 2. The molecule has 2 amide bonds. The Morgan fingerprint density at radius 3 is 2.60 bits per heavy atom. The Kier molecular flexibility index (Phi) is 4.36. The normalized spacial score (nSPS) is 24.6. The van der Waals surface area contributed by atoms with Crippen LogP contribution >= 0.6 is 0 Å². The van der Waals surface area contributed by atoms with Crippen molar-refractivity contribution in [3.63, 3.8) is 0 Å². The second-order valence-corrected chi connectivity index (χ2v) is 7.47. The number of hydrogen-bond acceptors (Lipinski definition) is 4. The lowest BCUT2D eigenvalue weighted by atomic mass is 9.95. The fraction of sp³-hybridized carbons (Fsp3) is 0.632. The van der Waals surface area contributed by atoms with Gasteiger partial charge in [0, 0.05) is 51.4 Å². The van der Waals surface area contributed by atoms with Crippen molar-refractivity contribution in [1.82, 2.24) is 14.8 Å². The number of anilines is 1. The molecule has 25 heavy (non-hydrogen) atoms. The van der Waals surface area contributed by atoms with Crippen molar-refractivity contribution in [2.45, 2.75) is 38.6 Å². The summed E-state index contributed by atoms with van der Waals surface area (Å²) in [6.07, 6.45) is 5.27. The Hall–Kier alpha value is -2.11. The van der Waals surface area contributed by atoms with Crippen LogP contribution in [0.1, 0.15) is 31.2 Å². The van der Waals surface area contributed by atoms with E-state index in [2.05, 4.69) is 22.9 Å². The van der Waals surface area contributed by atoms with E-state index in [4.69, 9.17) is 0 Å². The van der Waals surface area contributed by atoms with E-state index in [0.717, 1.165) is 44.8 Å². The molecule has 3 aliphatic rings. The maximum Gasteiger partial charge on any atom is 0.227 e. The third kappa shape index (κ3) is 3.34. The van der Waals surface area contributed by atoms with Crippen LogP contribution in [0.4, 0.5) is 5.82 Å². The molecule has 1 aromatic heterocycles. The van der Waals surface area contributed by atoms with E-state index < -0.39 is 0 Å². The molecule has 2 saturated heterocycles. The molecular weight excluding hydrogens is 316 g/mol. The molecule has 4 rings (SSSR count). The molecule has 0 unspecified atom stereocenters. The van der Waals surface area contributed by atoms with Crippen LogP contribution in [0.25, 0.3) is 0 Å². The molecule has 3 fully saturated rings. The van der Waals surface area contributed by atoms with Crippen LogP contribution in [-0.4, -0.2) is 65.4 Å². The molecule has 6 heteroatoms. The van der Waals surface area contributed by atoms with Crippen LogP contribution < -0.4 is 4.90 Å². The fourth-order valence-electron chi connectivity index (χ4n) is 4.02. The third-order valence-corrected chi connectivity index (χ3v) is 5.65. The summed E-state index contributed by atoms with van der Waals surface area (Å²) in [5.74, 6) is 1.48. The van der Waals surface area contributed by atoms with E-state index in [1.807, 2.05) is 22.1 Å². The number of aromatic nitrogens is 1. The minimum absolute atomic E-state index is 0.0126. The number of rotatable bonds is 3. The summed E-state index contributed by atoms with van der Waals surface area (Å²) >= 11 is 0. The van der Waals surface area contributed by atoms with Crippen molar-refractivity contribution < 1.29 is 9.59 Å². The van der Waals surface area contributed by atoms with Crippen LogP contribution in [0.5, 0.6) is 0 Å². The standard InChI is InChI=1S/C19H26N4O2/c1-14-3-2-8-20-18(14)21-9-11-22(12-10-21)19(25)15-4-7-17(24)23(13-15)16-5-6-16/h2-3,8,15-16H,4-7,9-13H2,1H3/t15-/m0/s1. The summed E-state index contributed by atoms with van der Waals surface area (Å²) in [5.41, 5.74) is 1.17. The van der Waals surface area contributed by atoms with Crippen molar-refractivity contribution in [1.29, 1.82) is 0 Å². The molecule has 0 radical (unpaired) electrons. The largest absolute Gasteiger partial charge is 0.353 e. The molecule has 0 bridgehead atoms. The van der Waals surface area contributed by atoms with Gasteiger partial charge in [-0.25, -0.2) is 4.98 Å². The van der Waals surface area contributed by atoms with E-state index in [-0.39, 0.29) is 17.7 Å². The minimum Gasteiger partial charge on any atom is -0.353 e. The van der Waals surface area contributed by atoms with Gasteiger partial charge in [0.25, 0.3) is 0 Å². The Morgan fingerprint density at radius 2 is 1.92 bits per heavy atom. The lowest BCUT2D eigenvalue weighted by molar-refractivity contribution is -0.143. The molecule has 2 aliphatic heterocycles. The van der Waals surface area contributed by atoms with E-state index >= 15 is 0 Å². The number of aryl methyl sites for hydroxylation is 1. The van der Waals surface area contributed by atoms with Crippen molar-refractivity contribution in [2.75, 3.05) is 37.6 Å². The maximum absolute atomic E-state index is 12.9. The Morgan fingerprint density at radius 1 is 1.16 bits per heavy atom. The quantitative estimate of drug-likeness (QED) is 0.834. The second kappa shape index (κ2) is 6.65. The van der Waals surface area contributed by atoms with Gasteiger partial charge in [0.15, 0.2) is 0 Å². The van der Waals surface area contributed by atoms with Crippen LogP contribution in [-0.2, 0) is 9.59 Å². The smallest absolute Gasteiger partial charge is 0.227 e. The zero-order chi connectivity index (χ0) is 17.4. The highest BCUT2D eigenvalue weighted by molar-refractivity contribution is 5.84. The van der Waals surface area contributed by atoms with Gasteiger partial charge in [0.1, 0.15) is 5.82 Å². The van der Waals surface area contributed by atoms with Crippen molar-refractivity contribution >= 4 is 17.6 Å². The Bertz CT molecular complexity index is 665. The van der Waals surface area contributed by atoms with Gasteiger partial charge in [-0.1, -0.05) is 6.07 Å². The molecule has 1 saturated carbocycles. The monoisotopic (exact) mass is 342 g/mol. The number of nitrogens with zero attached hydrogens (tertiary/aromatic N) is 4. The van der Waals surface area contributed by atoms with E-state index in [0.29, 0.717) is 25.4 Å². The number of likely N-dealkylation sites (tertiary alicyclic amines) is 1. The number of hydrogen-bond donors (Lipinski definition) is 0. The molecule has 6 nitrogen and oxygen atoms in total. The molecule has 1 aliphatic carbocycles. The molecule has 1 aromatic rings. The van der Waals surface area contributed by atoms with Gasteiger partial charge in [-0.15, -0.1) is 0 Å². The van der Waals surface area contributed by atoms with Crippen LogP contribution in [0.2, 0.25) is 0 Å². The number of pyridine rings is 1. The summed E-state index contributed by atoms with van der Waals surface area (Å²) in [5, 5.41) is 0. The number of carbonyl (C=O) groups excluding carboxylic acids is 2. The topological polar surface area (TPSA) is 56.8 Å². The first kappa shape index (κ1) is 16.4. The zero-order valence-corrected chi connectivity index (χ0v) is 14.9. The highest BCUT2D eigenvalue weighted by atomic mass is 16.2. The predicted octanol–water partition coefficient (Wildman–Crippen LogP) is 1.44. The Labute approximate surface area is 148 Å². The first-order valence-electron chi connectivity index (χ1n) is 9.38. The fourth-order valence-corrected chi connectivity index (χ4v) is 4.02. The summed E-state index contributed by atoms with van der Waals surface area (Å²) in [6, 6.07) is 4.44. The molecule has 3 heterocycles. The lowest BCUT2D eigenvalue weighted by Gasteiger charge is -2.39. The number of piperidine rings is 1. The van der Waals surface area contributed by atoms with Gasteiger partial charge >= 0.3 is 0 Å². The highest BCUT2D eigenvalue weighted by Gasteiger charge is 2.40. The third-order valence-electron chi connectivity index (χ3n) is 5.65. The van der Waals surface area contributed by atoms with Crippen molar-refractivity contribution in [3.05, 3.63) is 23.9 Å². The van der Waals surface area contributed by atoms with Gasteiger partial charge in [-0.2, -0.15) is 0 Å². The lowest BCUT2D eigenvalue weighted by Crippen LogP contribution is -2.53. The number of piperazine rings is 1. The summed E-state index contributed by atoms with van der Waals surface area (Å²) in [4.78, 5) is 35.6. The zero-order valence-electron chi connectivity index (χ0n) is 14.9. The summed E-state index contributed by atoms with van der Waals surface area (Å²) in [7, 11) is 0. The number of amides is 2.